The van der Waals surface area contributed by atoms with Gasteiger partial charge in [0.05, 0.1) is 11.1 Å². The van der Waals surface area contributed by atoms with Crippen molar-refractivity contribution in [3.05, 3.63) is 60.3 Å². The molecular weight excluding hydrogens is 228 g/mol. The van der Waals surface area contributed by atoms with E-state index in [1.807, 2.05) is 6.92 Å². The van der Waals surface area contributed by atoms with Gasteiger partial charge in [0.15, 0.2) is 0 Å². The largest absolute Gasteiger partial charge is 0.283 e. The zero-order chi connectivity index (χ0) is 13.1. The molecule has 18 heavy (non-hydrogen) atoms. The molecule has 1 aliphatic heterocycles. The zero-order valence-electron chi connectivity index (χ0n) is 10.2. The molecule has 0 aliphatic carbocycles. The van der Waals surface area contributed by atoms with Gasteiger partial charge in [0.25, 0.3) is 11.8 Å². The van der Waals surface area contributed by atoms with Crippen LogP contribution >= 0.6 is 0 Å². The third kappa shape index (κ3) is 1.82. The Morgan fingerprint density at radius 1 is 1.22 bits per heavy atom. The van der Waals surface area contributed by atoms with Gasteiger partial charge in [0.2, 0.25) is 0 Å². The number of carbonyl (C=O) groups excluding carboxylic acids is 2. The summed E-state index contributed by atoms with van der Waals surface area (Å²) in [7, 11) is 0. The van der Waals surface area contributed by atoms with Crippen LogP contribution in [0.3, 0.4) is 0 Å². The second kappa shape index (κ2) is 4.87. The van der Waals surface area contributed by atoms with Crippen molar-refractivity contribution >= 4 is 11.8 Å². The van der Waals surface area contributed by atoms with Crippen LogP contribution in [0.25, 0.3) is 0 Å². The van der Waals surface area contributed by atoms with E-state index in [0.29, 0.717) is 17.7 Å². The van der Waals surface area contributed by atoms with E-state index in [1.165, 1.54) is 0 Å². The minimum atomic E-state index is -0.286. The number of nitrogens with zero attached hydrogens (tertiary/aromatic N) is 2. The molecule has 1 aromatic rings. The average molecular weight is 242 g/mol. The third-order valence-corrected chi connectivity index (χ3v) is 2.75. The van der Waals surface area contributed by atoms with E-state index in [2.05, 4.69) is 6.58 Å². The summed E-state index contributed by atoms with van der Waals surface area (Å²) in [6.07, 6.45) is 4.95. The van der Waals surface area contributed by atoms with Crippen LogP contribution < -0.4 is 0 Å². The Balaban J connectivity index is 2.38. The van der Waals surface area contributed by atoms with E-state index in [4.69, 9.17) is 0 Å². The predicted molar refractivity (Wildman–Crippen MR) is 68.7 cm³/mol. The second-order valence-corrected chi connectivity index (χ2v) is 3.80. The molecule has 0 aromatic heterocycles. The number of carbonyl (C=O) groups is 2. The normalized spacial score (nSPS) is 14.2. The lowest BCUT2D eigenvalue weighted by atomic mass is 10.1. The van der Waals surface area contributed by atoms with Crippen molar-refractivity contribution in [3.63, 3.8) is 0 Å². The van der Waals surface area contributed by atoms with Gasteiger partial charge in [-0.3, -0.25) is 14.6 Å². The van der Waals surface area contributed by atoms with Crippen LogP contribution in [-0.4, -0.2) is 28.4 Å². The quantitative estimate of drug-likeness (QED) is 0.600. The van der Waals surface area contributed by atoms with Gasteiger partial charge >= 0.3 is 0 Å². The van der Waals surface area contributed by atoms with Crippen LogP contribution in [0.5, 0.6) is 0 Å². The number of fused-ring (bicyclic) bond motifs is 1. The van der Waals surface area contributed by atoms with Crippen molar-refractivity contribution in [1.29, 1.82) is 0 Å². The van der Waals surface area contributed by atoms with Crippen LogP contribution in [-0.2, 0) is 0 Å². The van der Waals surface area contributed by atoms with E-state index in [0.717, 1.165) is 5.01 Å². The summed E-state index contributed by atoms with van der Waals surface area (Å²) in [5.41, 5.74) is 0.904. The maximum absolute atomic E-state index is 12.2. The summed E-state index contributed by atoms with van der Waals surface area (Å²) in [6, 6.07) is 6.84. The molecule has 92 valence electrons. The summed E-state index contributed by atoms with van der Waals surface area (Å²) >= 11 is 0. The maximum atomic E-state index is 12.2. The Hall–Kier alpha value is -2.36. The first-order valence-electron chi connectivity index (χ1n) is 5.74. The second-order valence-electron chi connectivity index (χ2n) is 3.80. The van der Waals surface area contributed by atoms with Crippen LogP contribution in [0.15, 0.2) is 49.2 Å². The monoisotopic (exact) mass is 242 g/mol. The molecule has 0 radical (unpaired) electrons. The molecular formula is C14H14N2O2. The summed E-state index contributed by atoms with van der Waals surface area (Å²) in [6.45, 7) is 5.96. The Morgan fingerprint density at radius 2 is 1.78 bits per heavy atom. The van der Waals surface area contributed by atoms with Crippen LogP contribution in [0.4, 0.5) is 0 Å². The molecule has 0 atom stereocenters. The van der Waals surface area contributed by atoms with Crippen molar-refractivity contribution in [2.24, 2.45) is 0 Å². The molecule has 0 N–H and O–H groups in total. The molecule has 0 unspecified atom stereocenters. The molecule has 0 bridgehead atoms. The van der Waals surface area contributed by atoms with Gasteiger partial charge < -0.3 is 0 Å². The van der Waals surface area contributed by atoms with Crippen LogP contribution in [0.1, 0.15) is 27.6 Å². The topological polar surface area (TPSA) is 40.6 Å². The minimum absolute atomic E-state index is 0.286. The number of hydrogen-bond donors (Lipinski definition) is 0. The molecule has 4 heteroatoms. The fourth-order valence-electron chi connectivity index (χ4n) is 1.88. The predicted octanol–water partition coefficient (Wildman–Crippen LogP) is 2.22. The standard InChI is InChI=1S/C14H14N2O2/c1-3-5-10-15(4-2)16-13(17)11-8-6-7-9-12(11)14(16)18/h3,5-10H,1,4H2,2H3/b10-5-. The van der Waals surface area contributed by atoms with E-state index < -0.39 is 0 Å². The summed E-state index contributed by atoms with van der Waals surface area (Å²) in [4.78, 5) is 24.3. The number of allylic oxidation sites excluding steroid dienone is 2. The van der Waals surface area contributed by atoms with Crippen LogP contribution in [0, 0.1) is 0 Å². The lowest BCUT2D eigenvalue weighted by molar-refractivity contribution is 0.0236. The number of hydrogen-bond acceptors (Lipinski definition) is 3. The van der Waals surface area contributed by atoms with Gasteiger partial charge in [0, 0.05) is 12.7 Å². The van der Waals surface area contributed by atoms with E-state index in [-0.39, 0.29) is 11.8 Å². The molecule has 0 saturated heterocycles. The van der Waals surface area contributed by atoms with Gasteiger partial charge in [-0.05, 0) is 25.1 Å². The lowest BCUT2D eigenvalue weighted by Crippen LogP contribution is -2.43. The number of rotatable bonds is 4. The summed E-state index contributed by atoms with van der Waals surface area (Å²) < 4.78 is 0. The maximum Gasteiger partial charge on any atom is 0.280 e. The highest BCUT2D eigenvalue weighted by molar-refractivity contribution is 6.21. The first kappa shape index (κ1) is 12.1. The van der Waals surface area contributed by atoms with Gasteiger partial charge in [-0.15, -0.1) is 0 Å². The molecule has 1 heterocycles. The number of imide groups is 1. The van der Waals surface area contributed by atoms with Crippen molar-refractivity contribution in [3.8, 4) is 0 Å². The number of amides is 2. The highest BCUT2D eigenvalue weighted by Gasteiger charge is 2.37. The van der Waals surface area contributed by atoms with E-state index in [9.17, 15) is 9.59 Å². The van der Waals surface area contributed by atoms with Crippen molar-refractivity contribution in [2.45, 2.75) is 6.92 Å². The van der Waals surface area contributed by atoms with Gasteiger partial charge in [-0.1, -0.05) is 24.8 Å². The van der Waals surface area contributed by atoms with E-state index in [1.54, 1.807) is 47.6 Å². The van der Waals surface area contributed by atoms with Crippen molar-refractivity contribution in [1.82, 2.24) is 10.0 Å². The highest BCUT2D eigenvalue weighted by Crippen LogP contribution is 2.24. The molecule has 4 nitrogen and oxygen atoms in total. The number of hydrazine groups is 1. The molecule has 1 aromatic carbocycles. The first-order valence-corrected chi connectivity index (χ1v) is 5.74. The first-order chi connectivity index (χ1) is 8.70. The molecule has 1 aliphatic rings. The molecule has 0 spiro atoms. The molecule has 0 saturated carbocycles. The SMILES string of the molecule is C=C/C=C\N(CC)N1C(=O)c2ccccc2C1=O. The van der Waals surface area contributed by atoms with E-state index >= 15 is 0 Å². The van der Waals surface area contributed by atoms with Crippen LogP contribution in [0.2, 0.25) is 0 Å². The fourth-order valence-corrected chi connectivity index (χ4v) is 1.88. The Morgan fingerprint density at radius 3 is 2.22 bits per heavy atom. The Kier molecular flexibility index (Phi) is 3.28. The zero-order valence-corrected chi connectivity index (χ0v) is 10.2. The molecule has 0 fully saturated rings. The van der Waals surface area contributed by atoms with Gasteiger partial charge in [-0.2, -0.15) is 5.01 Å². The smallest absolute Gasteiger partial charge is 0.280 e. The van der Waals surface area contributed by atoms with Crippen molar-refractivity contribution < 1.29 is 9.59 Å². The highest BCUT2D eigenvalue weighted by atomic mass is 16.2. The fraction of sp³-hybridized carbons (Fsp3) is 0.143. The Labute approximate surface area is 106 Å². The van der Waals surface area contributed by atoms with Gasteiger partial charge in [0.1, 0.15) is 0 Å². The lowest BCUT2D eigenvalue weighted by Gasteiger charge is -2.27. The molecule has 2 rings (SSSR count). The number of benzene rings is 1. The Bertz CT molecular complexity index is 499. The summed E-state index contributed by atoms with van der Waals surface area (Å²) in [5.74, 6) is -0.572. The average Bonchev–Trinajstić information content (AvgIpc) is 2.65. The van der Waals surface area contributed by atoms with Crippen molar-refractivity contribution in [2.75, 3.05) is 6.54 Å². The van der Waals surface area contributed by atoms with Gasteiger partial charge in [-0.25, -0.2) is 0 Å². The summed E-state index contributed by atoms with van der Waals surface area (Å²) in [5, 5.41) is 2.73. The molecule has 2 amide bonds. The minimum Gasteiger partial charge on any atom is -0.283 e. The third-order valence-electron chi connectivity index (χ3n) is 2.75.